The molecule has 158 valence electrons. The minimum absolute atomic E-state index is 0.0468. The number of nitrogens with zero attached hydrogens (tertiary/aromatic N) is 3. The second-order valence-corrected chi connectivity index (χ2v) is 7.95. The van der Waals surface area contributed by atoms with Gasteiger partial charge in [-0.2, -0.15) is 10.1 Å². The van der Waals surface area contributed by atoms with E-state index in [0.29, 0.717) is 30.3 Å². The quantitative estimate of drug-likeness (QED) is 0.692. The molecule has 3 aromatic rings. The molecular formula is C24H24N4O3. The third-order valence-electron chi connectivity index (χ3n) is 6.22. The molecule has 0 fully saturated rings. The maximum atomic E-state index is 13.5. The van der Waals surface area contributed by atoms with E-state index in [9.17, 15) is 4.79 Å². The number of fused-ring (bicyclic) bond motifs is 1. The molecule has 7 heteroatoms. The van der Waals surface area contributed by atoms with Gasteiger partial charge in [-0.25, -0.2) is 4.68 Å². The SMILES string of the molecule is COc1ccc([C@H]2CC(=O)C3=C(C2)Nc2ncnn2[C@H]3c2ccccc2C)cc1OC. The standard InChI is InChI=1S/C24H24N4O3/c1-14-6-4-5-7-17(14)23-22-18(27-24-25-13-26-28(23)24)10-16(11-19(22)29)15-8-9-20(30-2)21(12-15)31-3/h4-9,12-13,16,23H,10-11H2,1-3H3,(H,25,26,27)/t16-,23+/m1/s1. The van der Waals surface area contributed by atoms with Gasteiger partial charge in [-0.1, -0.05) is 30.3 Å². The van der Waals surface area contributed by atoms with Crippen LogP contribution in [0.25, 0.3) is 0 Å². The van der Waals surface area contributed by atoms with Crippen LogP contribution in [0.15, 0.2) is 60.1 Å². The van der Waals surface area contributed by atoms with Crippen LogP contribution in [0.4, 0.5) is 5.95 Å². The first-order chi connectivity index (χ1) is 15.1. The Bertz CT molecular complexity index is 1200. The molecule has 0 unspecified atom stereocenters. The normalized spacial score (nSPS) is 20.0. The van der Waals surface area contributed by atoms with Gasteiger partial charge in [-0.3, -0.25) is 4.79 Å². The van der Waals surface area contributed by atoms with Crippen molar-refractivity contribution in [3.63, 3.8) is 0 Å². The summed E-state index contributed by atoms with van der Waals surface area (Å²) in [6.07, 6.45) is 2.68. The molecule has 2 aliphatic rings. The van der Waals surface area contributed by atoms with Gasteiger partial charge in [0, 0.05) is 17.7 Å². The zero-order chi connectivity index (χ0) is 21.5. The topological polar surface area (TPSA) is 78.3 Å². The van der Waals surface area contributed by atoms with Crippen LogP contribution < -0.4 is 14.8 Å². The summed E-state index contributed by atoms with van der Waals surface area (Å²) in [7, 11) is 3.24. The number of aryl methyl sites for hydroxylation is 1. The van der Waals surface area contributed by atoms with Crippen LogP contribution in [0.2, 0.25) is 0 Å². The number of benzene rings is 2. The Kier molecular flexibility index (Phi) is 4.73. The molecule has 1 N–H and O–H groups in total. The Morgan fingerprint density at radius 1 is 1.06 bits per heavy atom. The highest BCUT2D eigenvalue weighted by molar-refractivity contribution is 6.00. The number of ketones is 1. The number of hydrogen-bond acceptors (Lipinski definition) is 6. The smallest absolute Gasteiger partial charge is 0.226 e. The van der Waals surface area contributed by atoms with Gasteiger partial charge in [0.25, 0.3) is 0 Å². The maximum Gasteiger partial charge on any atom is 0.226 e. The van der Waals surface area contributed by atoms with Gasteiger partial charge in [0.15, 0.2) is 17.3 Å². The summed E-state index contributed by atoms with van der Waals surface area (Å²) in [6, 6.07) is 13.7. The maximum absolute atomic E-state index is 13.5. The fourth-order valence-corrected chi connectivity index (χ4v) is 4.68. The van der Waals surface area contributed by atoms with Gasteiger partial charge in [-0.15, -0.1) is 0 Å². The highest BCUT2D eigenvalue weighted by Gasteiger charge is 2.39. The third-order valence-corrected chi connectivity index (χ3v) is 6.22. The van der Waals surface area contributed by atoms with Gasteiger partial charge in [0.2, 0.25) is 5.95 Å². The summed E-state index contributed by atoms with van der Waals surface area (Å²) in [5.41, 5.74) is 4.95. The highest BCUT2D eigenvalue weighted by Crippen LogP contribution is 2.45. The number of Topliss-reactive ketones (excluding diaryl/α,β-unsaturated/α-hetero) is 1. The van der Waals surface area contributed by atoms with Gasteiger partial charge in [-0.05, 0) is 48.1 Å². The van der Waals surface area contributed by atoms with Crippen molar-refractivity contribution in [1.82, 2.24) is 14.8 Å². The first-order valence-electron chi connectivity index (χ1n) is 10.3. The molecule has 0 saturated carbocycles. The van der Waals surface area contributed by atoms with Crippen LogP contribution >= 0.6 is 0 Å². The van der Waals surface area contributed by atoms with E-state index in [0.717, 1.165) is 28.0 Å². The lowest BCUT2D eigenvalue weighted by Crippen LogP contribution is -2.33. The first kappa shape index (κ1) is 19.4. The Balaban J connectivity index is 1.57. The predicted octanol–water partition coefficient (Wildman–Crippen LogP) is 4.02. The van der Waals surface area contributed by atoms with Crippen LogP contribution in [0.1, 0.15) is 41.5 Å². The number of methoxy groups -OCH3 is 2. The second kappa shape index (κ2) is 7.58. The molecule has 1 aliphatic carbocycles. The molecule has 0 amide bonds. The first-order valence-corrected chi connectivity index (χ1v) is 10.3. The van der Waals surface area contributed by atoms with Gasteiger partial charge >= 0.3 is 0 Å². The van der Waals surface area contributed by atoms with Crippen LogP contribution in [0.3, 0.4) is 0 Å². The summed E-state index contributed by atoms with van der Waals surface area (Å²) in [5.74, 6) is 2.18. The average Bonchev–Trinajstić information content (AvgIpc) is 3.26. The molecular weight excluding hydrogens is 392 g/mol. The number of hydrogen-bond donors (Lipinski definition) is 1. The van der Waals surface area contributed by atoms with E-state index in [1.165, 1.54) is 6.33 Å². The molecule has 5 rings (SSSR count). The number of nitrogens with one attached hydrogen (secondary N) is 1. The zero-order valence-corrected chi connectivity index (χ0v) is 17.8. The molecule has 0 radical (unpaired) electrons. The van der Waals surface area contributed by atoms with Crippen molar-refractivity contribution in [2.24, 2.45) is 0 Å². The van der Waals surface area contributed by atoms with Gasteiger partial charge < -0.3 is 14.8 Å². The van der Waals surface area contributed by atoms with Gasteiger partial charge in [0.1, 0.15) is 12.4 Å². The molecule has 1 aliphatic heterocycles. The van der Waals surface area contributed by atoms with E-state index in [4.69, 9.17) is 9.47 Å². The van der Waals surface area contributed by atoms with E-state index >= 15 is 0 Å². The number of carbonyl (C=O) groups excluding carboxylic acids is 1. The van der Waals surface area contributed by atoms with Crippen molar-refractivity contribution < 1.29 is 14.3 Å². The monoisotopic (exact) mass is 416 g/mol. The number of ether oxygens (including phenoxy) is 2. The van der Waals surface area contributed by atoms with Crippen molar-refractivity contribution in [1.29, 1.82) is 0 Å². The van der Waals surface area contributed by atoms with Crippen LogP contribution in [0, 0.1) is 6.92 Å². The second-order valence-electron chi connectivity index (χ2n) is 7.95. The van der Waals surface area contributed by atoms with Crippen LogP contribution in [-0.4, -0.2) is 34.8 Å². The van der Waals surface area contributed by atoms with Crippen LogP contribution in [-0.2, 0) is 4.79 Å². The number of carbonyl (C=O) groups is 1. The largest absolute Gasteiger partial charge is 0.493 e. The van der Waals surface area contributed by atoms with Crippen molar-refractivity contribution in [3.8, 4) is 11.5 Å². The fraction of sp³-hybridized carbons (Fsp3) is 0.292. The van der Waals surface area contributed by atoms with E-state index in [-0.39, 0.29) is 17.7 Å². The lowest BCUT2D eigenvalue weighted by molar-refractivity contribution is -0.116. The Labute approximate surface area is 180 Å². The molecule has 2 heterocycles. The van der Waals surface area contributed by atoms with Crippen LogP contribution in [0.5, 0.6) is 11.5 Å². The summed E-state index contributed by atoms with van der Waals surface area (Å²) < 4.78 is 12.6. The summed E-state index contributed by atoms with van der Waals surface area (Å²) in [6.45, 7) is 2.06. The highest BCUT2D eigenvalue weighted by atomic mass is 16.5. The minimum atomic E-state index is -0.270. The number of aromatic nitrogens is 3. The van der Waals surface area contributed by atoms with Crippen molar-refractivity contribution in [2.75, 3.05) is 19.5 Å². The average molecular weight is 416 g/mol. The molecule has 0 spiro atoms. The van der Waals surface area contributed by atoms with Crippen molar-refractivity contribution >= 4 is 11.7 Å². The molecule has 2 atom stereocenters. The third kappa shape index (κ3) is 3.17. The Hall–Kier alpha value is -3.61. The molecule has 1 aromatic heterocycles. The lowest BCUT2D eigenvalue weighted by atomic mass is 9.77. The minimum Gasteiger partial charge on any atom is -0.493 e. The van der Waals surface area contributed by atoms with Gasteiger partial charge in [0.05, 0.1) is 14.2 Å². The number of rotatable bonds is 4. The summed E-state index contributed by atoms with van der Waals surface area (Å²) >= 11 is 0. The van der Waals surface area contributed by atoms with E-state index in [1.54, 1.807) is 14.2 Å². The Morgan fingerprint density at radius 3 is 2.65 bits per heavy atom. The number of allylic oxidation sites excluding steroid dienone is 2. The lowest BCUT2D eigenvalue weighted by Gasteiger charge is -2.35. The molecule has 0 bridgehead atoms. The molecule has 31 heavy (non-hydrogen) atoms. The molecule has 7 nitrogen and oxygen atoms in total. The van der Waals surface area contributed by atoms with E-state index in [2.05, 4.69) is 34.5 Å². The van der Waals surface area contributed by atoms with E-state index < -0.39 is 0 Å². The van der Waals surface area contributed by atoms with E-state index in [1.807, 2.05) is 35.0 Å². The number of anilines is 1. The Morgan fingerprint density at radius 2 is 1.87 bits per heavy atom. The molecule has 2 aromatic carbocycles. The van der Waals surface area contributed by atoms with Crippen molar-refractivity contribution in [3.05, 3.63) is 76.8 Å². The summed E-state index contributed by atoms with van der Waals surface area (Å²) in [4.78, 5) is 17.9. The van der Waals surface area contributed by atoms with Crippen molar-refractivity contribution in [2.45, 2.75) is 31.7 Å². The molecule has 0 saturated heterocycles. The predicted molar refractivity (Wildman–Crippen MR) is 117 cm³/mol. The zero-order valence-electron chi connectivity index (χ0n) is 17.8. The summed E-state index contributed by atoms with van der Waals surface area (Å²) in [5, 5.41) is 7.80. The fourth-order valence-electron chi connectivity index (χ4n) is 4.68.